The van der Waals surface area contributed by atoms with Crippen molar-refractivity contribution in [1.82, 2.24) is 5.32 Å². The van der Waals surface area contributed by atoms with Crippen molar-refractivity contribution in [3.63, 3.8) is 0 Å². The van der Waals surface area contributed by atoms with Gasteiger partial charge in [0.25, 0.3) is 0 Å². The van der Waals surface area contributed by atoms with Crippen LogP contribution in [0.15, 0.2) is 0 Å². The molecule has 0 saturated heterocycles. The molecule has 2 unspecified atom stereocenters. The van der Waals surface area contributed by atoms with Crippen molar-refractivity contribution in [1.29, 1.82) is 0 Å². The first-order chi connectivity index (χ1) is 6.56. The van der Waals surface area contributed by atoms with E-state index in [1.807, 2.05) is 6.92 Å². The topological polar surface area (TPSA) is 32.3 Å². The Labute approximate surface area is 89.1 Å². The van der Waals surface area contributed by atoms with Crippen LogP contribution in [0.25, 0.3) is 0 Å². The Morgan fingerprint density at radius 1 is 1.21 bits per heavy atom. The van der Waals surface area contributed by atoms with Gasteiger partial charge in [0.2, 0.25) is 0 Å². The molecule has 0 aromatic rings. The molecule has 0 aromatic heterocycles. The molecular formula is C12H27NO. The molecule has 0 saturated carbocycles. The summed E-state index contributed by atoms with van der Waals surface area (Å²) in [6, 6.07) is 0.605. The minimum absolute atomic E-state index is 0.0998. The molecule has 0 radical (unpaired) electrons. The van der Waals surface area contributed by atoms with E-state index in [0.29, 0.717) is 6.04 Å². The van der Waals surface area contributed by atoms with Crippen LogP contribution >= 0.6 is 0 Å². The summed E-state index contributed by atoms with van der Waals surface area (Å²) in [6.07, 6.45) is 4.02. The second kappa shape index (κ2) is 8.25. The van der Waals surface area contributed by atoms with Crippen LogP contribution in [0.4, 0.5) is 0 Å². The van der Waals surface area contributed by atoms with E-state index >= 15 is 0 Å². The zero-order valence-corrected chi connectivity index (χ0v) is 10.2. The lowest BCUT2D eigenvalue weighted by Gasteiger charge is -2.16. The van der Waals surface area contributed by atoms with E-state index in [4.69, 9.17) is 0 Å². The van der Waals surface area contributed by atoms with Crippen LogP contribution in [0.5, 0.6) is 0 Å². The summed E-state index contributed by atoms with van der Waals surface area (Å²) in [7, 11) is 0. The molecule has 0 aliphatic carbocycles. The Morgan fingerprint density at radius 2 is 1.86 bits per heavy atom. The second-order valence-corrected chi connectivity index (χ2v) is 4.69. The molecule has 0 rings (SSSR count). The predicted octanol–water partition coefficient (Wildman–Crippen LogP) is 2.56. The summed E-state index contributed by atoms with van der Waals surface area (Å²) in [5.74, 6) is 0.763. The van der Waals surface area contributed by atoms with Gasteiger partial charge in [-0.1, -0.05) is 20.8 Å². The van der Waals surface area contributed by atoms with E-state index in [-0.39, 0.29) is 6.10 Å². The molecule has 0 aliphatic rings. The van der Waals surface area contributed by atoms with Crippen LogP contribution in [0.1, 0.15) is 53.4 Å². The molecule has 0 fully saturated rings. The van der Waals surface area contributed by atoms with Crippen LogP contribution < -0.4 is 5.32 Å². The van der Waals surface area contributed by atoms with Gasteiger partial charge in [-0.2, -0.15) is 0 Å². The van der Waals surface area contributed by atoms with Crippen LogP contribution in [-0.2, 0) is 0 Å². The molecule has 0 aromatic carbocycles. The fourth-order valence-electron chi connectivity index (χ4n) is 1.68. The highest BCUT2D eigenvalue weighted by Crippen LogP contribution is 2.04. The Bertz CT molecular complexity index is 125. The zero-order valence-electron chi connectivity index (χ0n) is 10.2. The average Bonchev–Trinajstić information content (AvgIpc) is 2.10. The number of hydrogen-bond acceptors (Lipinski definition) is 2. The SMILES string of the molecule is CCC(O)CCCNC(C)CC(C)C. The van der Waals surface area contributed by atoms with Crippen molar-refractivity contribution in [2.24, 2.45) is 5.92 Å². The molecular weight excluding hydrogens is 174 g/mol. The maximum absolute atomic E-state index is 9.34. The minimum Gasteiger partial charge on any atom is -0.393 e. The first-order valence-electron chi connectivity index (χ1n) is 5.97. The van der Waals surface area contributed by atoms with Gasteiger partial charge >= 0.3 is 0 Å². The van der Waals surface area contributed by atoms with Crippen LogP contribution in [0.3, 0.4) is 0 Å². The molecule has 0 heterocycles. The van der Waals surface area contributed by atoms with E-state index in [1.54, 1.807) is 0 Å². The second-order valence-electron chi connectivity index (χ2n) is 4.69. The third-order valence-electron chi connectivity index (χ3n) is 2.50. The van der Waals surface area contributed by atoms with Crippen molar-refractivity contribution < 1.29 is 5.11 Å². The number of hydrogen-bond donors (Lipinski definition) is 2. The third-order valence-corrected chi connectivity index (χ3v) is 2.50. The smallest absolute Gasteiger partial charge is 0.0538 e. The van der Waals surface area contributed by atoms with Crippen LogP contribution in [0.2, 0.25) is 0 Å². The fourth-order valence-corrected chi connectivity index (χ4v) is 1.68. The number of aliphatic hydroxyl groups is 1. The third kappa shape index (κ3) is 8.52. The standard InChI is InChI=1S/C12H27NO/c1-5-12(14)7-6-8-13-11(4)9-10(2)3/h10-14H,5-9H2,1-4H3. The molecule has 2 heteroatoms. The van der Waals surface area contributed by atoms with Crippen molar-refractivity contribution >= 4 is 0 Å². The quantitative estimate of drug-likeness (QED) is 0.592. The number of nitrogens with one attached hydrogen (secondary N) is 1. The molecule has 0 bridgehead atoms. The van der Waals surface area contributed by atoms with E-state index in [1.165, 1.54) is 6.42 Å². The first kappa shape index (κ1) is 13.9. The van der Waals surface area contributed by atoms with Gasteiger partial charge in [0.05, 0.1) is 6.10 Å². The summed E-state index contributed by atoms with van der Waals surface area (Å²) < 4.78 is 0. The van der Waals surface area contributed by atoms with Gasteiger partial charge in [-0.05, 0) is 45.1 Å². The number of rotatable bonds is 8. The lowest BCUT2D eigenvalue weighted by molar-refractivity contribution is 0.157. The predicted molar refractivity (Wildman–Crippen MR) is 62.5 cm³/mol. The Balaban J connectivity index is 3.27. The lowest BCUT2D eigenvalue weighted by Crippen LogP contribution is -2.28. The maximum Gasteiger partial charge on any atom is 0.0538 e. The summed E-state index contributed by atoms with van der Waals surface area (Å²) in [4.78, 5) is 0. The van der Waals surface area contributed by atoms with E-state index in [0.717, 1.165) is 31.7 Å². The van der Waals surface area contributed by atoms with E-state index < -0.39 is 0 Å². The van der Waals surface area contributed by atoms with Crippen molar-refractivity contribution in [3.05, 3.63) is 0 Å². The van der Waals surface area contributed by atoms with Gasteiger partial charge in [-0.15, -0.1) is 0 Å². The minimum atomic E-state index is -0.0998. The molecule has 86 valence electrons. The monoisotopic (exact) mass is 201 g/mol. The summed E-state index contributed by atoms with van der Waals surface area (Å²) >= 11 is 0. The van der Waals surface area contributed by atoms with Crippen LogP contribution in [-0.4, -0.2) is 23.8 Å². The Kier molecular flexibility index (Phi) is 8.20. The summed E-state index contributed by atoms with van der Waals surface area (Å²) in [5, 5.41) is 12.8. The van der Waals surface area contributed by atoms with Gasteiger partial charge in [0.15, 0.2) is 0 Å². The molecule has 0 amide bonds. The van der Waals surface area contributed by atoms with Gasteiger partial charge in [0.1, 0.15) is 0 Å². The highest BCUT2D eigenvalue weighted by Gasteiger charge is 2.04. The van der Waals surface area contributed by atoms with Gasteiger partial charge in [-0.3, -0.25) is 0 Å². The molecule has 2 nitrogen and oxygen atoms in total. The molecule has 2 atom stereocenters. The van der Waals surface area contributed by atoms with Crippen molar-refractivity contribution in [3.8, 4) is 0 Å². The van der Waals surface area contributed by atoms with Gasteiger partial charge in [0, 0.05) is 6.04 Å². The fraction of sp³-hybridized carbons (Fsp3) is 1.00. The first-order valence-corrected chi connectivity index (χ1v) is 5.97. The zero-order chi connectivity index (χ0) is 11.0. The largest absolute Gasteiger partial charge is 0.393 e. The molecule has 2 N–H and O–H groups in total. The summed E-state index contributed by atoms with van der Waals surface area (Å²) in [5.41, 5.74) is 0. The normalized spacial score (nSPS) is 15.9. The molecule has 0 spiro atoms. The van der Waals surface area contributed by atoms with Crippen molar-refractivity contribution in [2.45, 2.75) is 65.5 Å². The highest BCUT2D eigenvalue weighted by atomic mass is 16.3. The van der Waals surface area contributed by atoms with Gasteiger partial charge in [-0.25, -0.2) is 0 Å². The van der Waals surface area contributed by atoms with E-state index in [9.17, 15) is 5.11 Å². The Hall–Kier alpha value is -0.0800. The van der Waals surface area contributed by atoms with Crippen molar-refractivity contribution in [2.75, 3.05) is 6.54 Å². The molecule has 0 aliphatic heterocycles. The summed E-state index contributed by atoms with van der Waals surface area (Å²) in [6.45, 7) is 9.79. The average molecular weight is 201 g/mol. The Morgan fingerprint density at radius 3 is 2.36 bits per heavy atom. The van der Waals surface area contributed by atoms with Gasteiger partial charge < -0.3 is 10.4 Å². The maximum atomic E-state index is 9.34. The van der Waals surface area contributed by atoms with E-state index in [2.05, 4.69) is 26.1 Å². The lowest BCUT2D eigenvalue weighted by atomic mass is 10.1. The molecule has 14 heavy (non-hydrogen) atoms. The highest BCUT2D eigenvalue weighted by molar-refractivity contribution is 4.63. The number of aliphatic hydroxyl groups excluding tert-OH is 1. The van der Waals surface area contributed by atoms with Crippen LogP contribution in [0, 0.1) is 5.92 Å².